The predicted octanol–water partition coefficient (Wildman–Crippen LogP) is 4.32. The van der Waals surface area contributed by atoms with E-state index in [0.29, 0.717) is 11.3 Å². The highest BCUT2D eigenvalue weighted by Crippen LogP contribution is 2.28. The summed E-state index contributed by atoms with van der Waals surface area (Å²) in [6.45, 7) is 1.22. The average molecular weight is 405 g/mol. The van der Waals surface area contributed by atoms with E-state index in [1.54, 1.807) is 6.92 Å². The summed E-state index contributed by atoms with van der Waals surface area (Å²) in [5.41, 5.74) is 0.555. The van der Waals surface area contributed by atoms with E-state index < -0.39 is 22.5 Å². The number of hydrogen-bond acceptors (Lipinski definition) is 6. The molecule has 1 aromatic heterocycles. The number of nitro benzene ring substituents is 1. The number of thiazole rings is 1. The van der Waals surface area contributed by atoms with E-state index in [4.69, 9.17) is 4.74 Å². The van der Waals surface area contributed by atoms with Crippen LogP contribution >= 0.6 is 11.3 Å². The molecule has 2 aromatic carbocycles. The summed E-state index contributed by atoms with van der Waals surface area (Å²) in [5.74, 6) is -1.43. The van der Waals surface area contributed by atoms with Crippen molar-refractivity contribution in [3.63, 3.8) is 0 Å². The van der Waals surface area contributed by atoms with Gasteiger partial charge in [0.25, 0.3) is 11.6 Å². The summed E-state index contributed by atoms with van der Waals surface area (Å²) in [6.07, 6.45) is 0. The minimum absolute atomic E-state index is 0.00523. The van der Waals surface area contributed by atoms with Crippen molar-refractivity contribution in [1.82, 2.24) is 4.98 Å². The highest BCUT2D eigenvalue weighted by molar-refractivity contribution is 7.14. The van der Waals surface area contributed by atoms with Gasteiger partial charge in [0, 0.05) is 22.6 Å². The number of hydrogen-bond donors (Lipinski definition) is 1. The zero-order valence-electron chi connectivity index (χ0n) is 14.4. The number of nitrogens with zero attached hydrogens (tertiary/aromatic N) is 2. The number of aryl methyl sites for hydroxylation is 1. The first-order valence-corrected chi connectivity index (χ1v) is 8.80. The third-order valence-corrected chi connectivity index (χ3v) is 4.45. The Morgan fingerprint density at radius 3 is 2.79 bits per heavy atom. The molecule has 0 spiro atoms. The van der Waals surface area contributed by atoms with Crippen LogP contribution in [0.1, 0.15) is 5.56 Å². The first kappa shape index (κ1) is 19.4. The SMILES string of the molecule is Cc1cc(OCC(=O)Nc2nc(-c3cc(F)ccc3F)cs2)ccc1[N+](=O)[O-]. The molecule has 0 saturated carbocycles. The monoisotopic (exact) mass is 405 g/mol. The summed E-state index contributed by atoms with van der Waals surface area (Å²) in [7, 11) is 0. The molecule has 0 bridgehead atoms. The molecule has 10 heteroatoms. The lowest BCUT2D eigenvalue weighted by atomic mass is 10.1. The molecular formula is C18H13F2N3O4S. The van der Waals surface area contributed by atoms with E-state index in [1.165, 1.54) is 23.6 Å². The fourth-order valence-corrected chi connectivity index (χ4v) is 3.10. The van der Waals surface area contributed by atoms with Gasteiger partial charge in [-0.05, 0) is 37.3 Å². The quantitative estimate of drug-likeness (QED) is 0.487. The molecule has 0 atom stereocenters. The fourth-order valence-electron chi connectivity index (χ4n) is 2.38. The van der Waals surface area contributed by atoms with Crippen LogP contribution in [0.4, 0.5) is 19.6 Å². The Kier molecular flexibility index (Phi) is 5.59. The molecule has 144 valence electrons. The second-order valence-corrected chi connectivity index (χ2v) is 6.56. The van der Waals surface area contributed by atoms with Gasteiger partial charge < -0.3 is 4.74 Å². The van der Waals surface area contributed by atoms with E-state index in [0.717, 1.165) is 29.5 Å². The van der Waals surface area contributed by atoms with Crippen LogP contribution in [-0.2, 0) is 4.79 Å². The van der Waals surface area contributed by atoms with Crippen LogP contribution in [0, 0.1) is 28.7 Å². The lowest BCUT2D eigenvalue weighted by molar-refractivity contribution is -0.385. The number of halogens is 2. The Labute approximate surface area is 161 Å². The summed E-state index contributed by atoms with van der Waals surface area (Å²) < 4.78 is 32.4. The molecule has 3 aromatic rings. The Hall–Kier alpha value is -3.40. The maximum absolute atomic E-state index is 13.8. The number of aromatic nitrogens is 1. The Balaban J connectivity index is 1.61. The highest BCUT2D eigenvalue weighted by atomic mass is 32.1. The smallest absolute Gasteiger partial charge is 0.272 e. The molecule has 0 fully saturated rings. The van der Waals surface area contributed by atoms with Crippen molar-refractivity contribution in [2.75, 3.05) is 11.9 Å². The first-order chi connectivity index (χ1) is 13.3. The van der Waals surface area contributed by atoms with Crippen LogP contribution in [0.25, 0.3) is 11.3 Å². The number of anilines is 1. The largest absolute Gasteiger partial charge is 0.484 e. The minimum atomic E-state index is -0.624. The molecule has 28 heavy (non-hydrogen) atoms. The Morgan fingerprint density at radius 2 is 2.07 bits per heavy atom. The van der Waals surface area contributed by atoms with Crippen LogP contribution in [0.5, 0.6) is 5.75 Å². The van der Waals surface area contributed by atoms with Gasteiger partial charge in [-0.1, -0.05) is 0 Å². The standard InChI is InChI=1S/C18H13F2N3O4S/c1-10-6-12(3-5-16(10)23(25)26)27-8-17(24)22-18-21-15(9-28-18)13-7-11(19)2-4-14(13)20/h2-7,9H,8H2,1H3,(H,21,22,24). The predicted molar refractivity (Wildman–Crippen MR) is 99.4 cm³/mol. The number of carbonyl (C=O) groups excluding carboxylic acids is 1. The minimum Gasteiger partial charge on any atom is -0.484 e. The molecular weight excluding hydrogens is 392 g/mol. The van der Waals surface area contributed by atoms with Gasteiger partial charge in [-0.3, -0.25) is 20.2 Å². The fraction of sp³-hybridized carbons (Fsp3) is 0.111. The van der Waals surface area contributed by atoms with E-state index in [2.05, 4.69) is 10.3 Å². The third-order valence-electron chi connectivity index (χ3n) is 3.69. The van der Waals surface area contributed by atoms with Crippen LogP contribution < -0.4 is 10.1 Å². The van der Waals surface area contributed by atoms with Gasteiger partial charge in [-0.15, -0.1) is 11.3 Å². The molecule has 3 rings (SSSR count). The second-order valence-electron chi connectivity index (χ2n) is 5.70. The topological polar surface area (TPSA) is 94.4 Å². The molecule has 1 N–H and O–H groups in total. The zero-order chi connectivity index (χ0) is 20.3. The van der Waals surface area contributed by atoms with E-state index >= 15 is 0 Å². The second kappa shape index (κ2) is 8.09. The molecule has 1 heterocycles. The molecule has 0 unspecified atom stereocenters. The molecule has 7 nitrogen and oxygen atoms in total. The number of amides is 1. The van der Waals surface area contributed by atoms with Crippen molar-refractivity contribution < 1.29 is 23.2 Å². The van der Waals surface area contributed by atoms with Crippen molar-refractivity contribution in [2.24, 2.45) is 0 Å². The number of nitrogens with one attached hydrogen (secondary N) is 1. The number of ether oxygens (including phenoxy) is 1. The van der Waals surface area contributed by atoms with Gasteiger partial charge in [0.05, 0.1) is 10.6 Å². The lowest BCUT2D eigenvalue weighted by Gasteiger charge is -2.07. The summed E-state index contributed by atoms with van der Waals surface area (Å²) in [4.78, 5) is 26.4. The lowest BCUT2D eigenvalue weighted by Crippen LogP contribution is -2.20. The molecule has 1 amide bonds. The molecule has 0 aliphatic heterocycles. The number of carbonyl (C=O) groups is 1. The maximum Gasteiger partial charge on any atom is 0.272 e. The van der Waals surface area contributed by atoms with Crippen molar-refractivity contribution in [3.05, 3.63) is 69.1 Å². The summed E-state index contributed by atoms with van der Waals surface area (Å²) in [6, 6.07) is 7.18. The van der Waals surface area contributed by atoms with E-state index in [1.807, 2.05) is 0 Å². The van der Waals surface area contributed by atoms with E-state index in [9.17, 15) is 23.7 Å². The Bertz CT molecular complexity index is 1060. The first-order valence-electron chi connectivity index (χ1n) is 7.92. The zero-order valence-corrected chi connectivity index (χ0v) is 15.3. The van der Waals surface area contributed by atoms with Gasteiger partial charge in [-0.25, -0.2) is 13.8 Å². The maximum atomic E-state index is 13.8. The highest BCUT2D eigenvalue weighted by Gasteiger charge is 2.14. The van der Waals surface area contributed by atoms with Gasteiger partial charge in [0.2, 0.25) is 0 Å². The van der Waals surface area contributed by atoms with Crippen molar-refractivity contribution in [2.45, 2.75) is 6.92 Å². The Morgan fingerprint density at radius 1 is 1.29 bits per heavy atom. The van der Waals surface area contributed by atoms with Crippen molar-refractivity contribution in [3.8, 4) is 17.0 Å². The molecule has 0 aliphatic carbocycles. The molecule has 0 radical (unpaired) electrons. The normalized spacial score (nSPS) is 10.5. The molecule has 0 aliphatic rings. The number of benzene rings is 2. The van der Waals surface area contributed by atoms with Gasteiger partial charge in [-0.2, -0.15) is 0 Å². The van der Waals surface area contributed by atoms with Crippen molar-refractivity contribution in [1.29, 1.82) is 0 Å². The summed E-state index contributed by atoms with van der Waals surface area (Å²) >= 11 is 1.05. The van der Waals surface area contributed by atoms with Crippen LogP contribution in [0.2, 0.25) is 0 Å². The number of rotatable bonds is 6. The average Bonchev–Trinajstić information content (AvgIpc) is 3.10. The van der Waals surface area contributed by atoms with E-state index in [-0.39, 0.29) is 28.7 Å². The molecule has 0 saturated heterocycles. The van der Waals surface area contributed by atoms with Crippen molar-refractivity contribution >= 4 is 28.1 Å². The number of nitro groups is 1. The van der Waals surface area contributed by atoms with Crippen LogP contribution in [-0.4, -0.2) is 22.4 Å². The van der Waals surface area contributed by atoms with Crippen LogP contribution in [0.3, 0.4) is 0 Å². The van der Waals surface area contributed by atoms with Gasteiger partial charge in [0.15, 0.2) is 11.7 Å². The third kappa shape index (κ3) is 4.46. The van der Waals surface area contributed by atoms with Crippen LogP contribution in [0.15, 0.2) is 41.8 Å². The van der Waals surface area contributed by atoms with Gasteiger partial charge in [0.1, 0.15) is 17.4 Å². The summed E-state index contributed by atoms with van der Waals surface area (Å²) in [5, 5.41) is 15.0. The van der Waals surface area contributed by atoms with Gasteiger partial charge >= 0.3 is 0 Å².